The Morgan fingerprint density at radius 2 is 1.63 bits per heavy atom. The zero-order valence-corrected chi connectivity index (χ0v) is 22.8. The molecule has 1 aliphatic rings. The number of ether oxygens (including phenoxy) is 1. The number of hydrogen-bond donors (Lipinski definition) is 2. The fraction of sp³-hybridized carbons (Fsp3) is 0.258. The smallest absolute Gasteiger partial charge is 0.272 e. The topological polar surface area (TPSA) is 115 Å². The third-order valence-electron chi connectivity index (χ3n) is 7.24. The summed E-state index contributed by atoms with van der Waals surface area (Å²) in [6.45, 7) is 1.88. The van der Waals surface area contributed by atoms with Crippen molar-refractivity contribution in [2.24, 2.45) is 7.05 Å². The Balaban J connectivity index is 1.21. The number of benzene rings is 2. The summed E-state index contributed by atoms with van der Waals surface area (Å²) in [4.78, 5) is 40.7. The van der Waals surface area contributed by atoms with Crippen LogP contribution in [0.15, 0.2) is 66.9 Å². The minimum atomic E-state index is -0.650. The maximum atomic E-state index is 14.1. The van der Waals surface area contributed by atoms with Gasteiger partial charge in [0.15, 0.2) is 0 Å². The highest BCUT2D eigenvalue weighted by atomic mass is 19.1. The van der Waals surface area contributed by atoms with Crippen LogP contribution < -0.4 is 15.4 Å². The van der Waals surface area contributed by atoms with Crippen LogP contribution in [0.3, 0.4) is 0 Å². The summed E-state index contributed by atoms with van der Waals surface area (Å²) < 4.78 is 21.7. The molecular formula is C31H30FN5O4. The van der Waals surface area contributed by atoms with E-state index in [0.29, 0.717) is 42.7 Å². The number of hydrogen-bond acceptors (Lipinski definition) is 6. The van der Waals surface area contributed by atoms with Gasteiger partial charge in [0.05, 0.1) is 6.20 Å². The van der Waals surface area contributed by atoms with Crippen molar-refractivity contribution < 1.29 is 23.5 Å². The summed E-state index contributed by atoms with van der Waals surface area (Å²) in [5.74, 6) is -0.930. The second-order valence-corrected chi connectivity index (χ2v) is 10.2. The van der Waals surface area contributed by atoms with E-state index in [4.69, 9.17) is 4.74 Å². The molecule has 0 atom stereocenters. The minimum absolute atomic E-state index is 0.00770. The molecule has 9 nitrogen and oxygen atoms in total. The predicted octanol–water partition coefficient (Wildman–Crippen LogP) is 5.01. The van der Waals surface area contributed by atoms with Gasteiger partial charge in [0.25, 0.3) is 11.8 Å². The van der Waals surface area contributed by atoms with Crippen LogP contribution in [0.5, 0.6) is 11.6 Å². The van der Waals surface area contributed by atoms with Gasteiger partial charge >= 0.3 is 0 Å². The van der Waals surface area contributed by atoms with Crippen LogP contribution in [0.1, 0.15) is 62.6 Å². The molecule has 1 fully saturated rings. The Hall–Kier alpha value is -4.86. The van der Waals surface area contributed by atoms with Crippen LogP contribution in [0, 0.1) is 12.7 Å². The van der Waals surface area contributed by atoms with E-state index in [2.05, 4.69) is 20.7 Å². The van der Waals surface area contributed by atoms with Gasteiger partial charge in [0.1, 0.15) is 29.1 Å². The van der Waals surface area contributed by atoms with E-state index < -0.39 is 11.7 Å². The molecule has 2 aromatic heterocycles. The molecule has 4 aromatic rings. The number of aryl methyl sites for hydroxylation is 2. The van der Waals surface area contributed by atoms with E-state index in [9.17, 15) is 18.8 Å². The fourth-order valence-electron chi connectivity index (χ4n) is 4.85. The van der Waals surface area contributed by atoms with E-state index in [1.165, 1.54) is 0 Å². The molecule has 210 valence electrons. The van der Waals surface area contributed by atoms with Gasteiger partial charge in [-0.25, -0.2) is 9.37 Å². The second-order valence-electron chi connectivity index (χ2n) is 10.2. The Bertz CT molecular complexity index is 1560. The first-order valence-corrected chi connectivity index (χ1v) is 13.4. The molecule has 0 radical (unpaired) electrons. The van der Waals surface area contributed by atoms with Crippen molar-refractivity contribution in [3.63, 3.8) is 0 Å². The van der Waals surface area contributed by atoms with Crippen LogP contribution in [-0.4, -0.2) is 44.9 Å². The Kier molecular flexibility index (Phi) is 8.19. The quantitative estimate of drug-likeness (QED) is 0.296. The molecule has 0 saturated heterocycles. The molecule has 41 heavy (non-hydrogen) atoms. The molecule has 2 amide bonds. The van der Waals surface area contributed by atoms with Gasteiger partial charge in [-0.05, 0) is 68.0 Å². The molecule has 2 aromatic carbocycles. The number of halogens is 1. The Morgan fingerprint density at radius 3 is 2.27 bits per heavy atom. The molecule has 2 heterocycles. The van der Waals surface area contributed by atoms with Gasteiger partial charge in [-0.15, -0.1) is 0 Å². The van der Waals surface area contributed by atoms with E-state index in [1.54, 1.807) is 48.1 Å². The highest BCUT2D eigenvalue weighted by Crippen LogP contribution is 2.29. The van der Waals surface area contributed by atoms with Gasteiger partial charge in [-0.1, -0.05) is 36.4 Å². The first-order valence-electron chi connectivity index (χ1n) is 13.4. The van der Waals surface area contributed by atoms with Gasteiger partial charge in [0.2, 0.25) is 5.88 Å². The third-order valence-corrected chi connectivity index (χ3v) is 7.24. The van der Waals surface area contributed by atoms with Gasteiger partial charge in [0, 0.05) is 30.4 Å². The zero-order valence-electron chi connectivity index (χ0n) is 22.8. The molecular weight excluding hydrogens is 525 g/mol. The molecule has 5 rings (SSSR count). The molecule has 1 saturated carbocycles. The van der Waals surface area contributed by atoms with Crippen molar-refractivity contribution >= 4 is 18.1 Å². The summed E-state index contributed by atoms with van der Waals surface area (Å²) in [5.41, 5.74) is 3.57. The predicted molar refractivity (Wildman–Crippen MR) is 150 cm³/mol. The third kappa shape index (κ3) is 6.66. The number of amides is 2. The van der Waals surface area contributed by atoms with E-state index in [-0.39, 0.29) is 29.4 Å². The van der Waals surface area contributed by atoms with Crippen LogP contribution in [0.2, 0.25) is 0 Å². The molecule has 2 N–H and O–H groups in total. The lowest BCUT2D eigenvalue weighted by Gasteiger charge is -2.29. The summed E-state index contributed by atoms with van der Waals surface area (Å²) in [7, 11) is 1.79. The van der Waals surface area contributed by atoms with Gasteiger partial charge < -0.3 is 15.4 Å². The lowest BCUT2D eigenvalue weighted by Crippen LogP contribution is -2.44. The molecule has 1 aliphatic carbocycles. The second kappa shape index (κ2) is 12.1. The monoisotopic (exact) mass is 555 g/mol. The van der Waals surface area contributed by atoms with Crippen LogP contribution in [0.25, 0.3) is 11.1 Å². The van der Waals surface area contributed by atoms with E-state index >= 15 is 0 Å². The van der Waals surface area contributed by atoms with Crippen molar-refractivity contribution in [2.75, 3.05) is 0 Å². The summed E-state index contributed by atoms with van der Waals surface area (Å²) in [6.07, 6.45) is 4.47. The number of carbonyl (C=O) groups is 3. The van der Waals surface area contributed by atoms with Crippen LogP contribution >= 0.6 is 0 Å². The van der Waals surface area contributed by atoms with Crippen molar-refractivity contribution in [3.8, 4) is 22.8 Å². The summed E-state index contributed by atoms with van der Waals surface area (Å²) >= 11 is 0. The van der Waals surface area contributed by atoms with Crippen LogP contribution in [-0.2, 0) is 7.05 Å². The normalized spacial score (nSPS) is 16.6. The minimum Gasteiger partial charge on any atom is -0.438 e. The Labute approximate surface area is 236 Å². The highest BCUT2D eigenvalue weighted by molar-refractivity contribution is 5.96. The van der Waals surface area contributed by atoms with E-state index in [1.807, 2.05) is 25.1 Å². The van der Waals surface area contributed by atoms with Crippen molar-refractivity contribution in [2.45, 2.75) is 44.7 Å². The van der Waals surface area contributed by atoms with Crippen molar-refractivity contribution in [1.82, 2.24) is 25.4 Å². The van der Waals surface area contributed by atoms with Crippen LogP contribution in [0.4, 0.5) is 4.39 Å². The average molecular weight is 556 g/mol. The van der Waals surface area contributed by atoms with Crippen molar-refractivity contribution in [3.05, 3.63) is 95.2 Å². The molecule has 0 aliphatic heterocycles. The first kappa shape index (κ1) is 27.7. The highest BCUT2D eigenvalue weighted by Gasteiger charge is 2.26. The number of aromatic nitrogens is 3. The first-order chi connectivity index (χ1) is 19.8. The molecule has 0 bridgehead atoms. The van der Waals surface area contributed by atoms with Gasteiger partial charge in [-0.3, -0.25) is 19.1 Å². The number of nitrogens with one attached hydrogen (secondary N) is 2. The number of rotatable bonds is 8. The average Bonchev–Trinajstić information content (AvgIpc) is 3.33. The standard InChI is InChI=1S/C31H30FN5O4/c1-19-14-28(36-37(19)2)30(40)35-25-12-10-24(11-13-25)34-29(39)27-16-23(32)17-33-31(27)41-26-5-3-4-22(15-26)21-8-6-20(18-38)7-9-21/h3-9,14-18,24-25H,10-13H2,1-2H3,(H,34,39)(H,35,40)/t24-,25-. The SMILES string of the molecule is Cc1cc(C(=O)N[C@H]2CC[C@H](NC(=O)c3cc(F)cnc3Oc3cccc(-c4ccc(C=O)cc4)c3)CC2)nn1C. The molecule has 0 spiro atoms. The van der Waals surface area contributed by atoms with E-state index in [0.717, 1.165) is 35.4 Å². The Morgan fingerprint density at radius 1 is 0.951 bits per heavy atom. The summed E-state index contributed by atoms with van der Waals surface area (Å²) in [6, 6.07) is 17.0. The largest absolute Gasteiger partial charge is 0.438 e. The molecule has 0 unspecified atom stereocenters. The van der Waals surface area contributed by atoms with Gasteiger partial charge in [-0.2, -0.15) is 5.10 Å². The zero-order chi connectivity index (χ0) is 28.9. The maximum absolute atomic E-state index is 14.1. The van der Waals surface area contributed by atoms with Crippen molar-refractivity contribution in [1.29, 1.82) is 0 Å². The number of pyridine rings is 1. The number of aldehydes is 1. The maximum Gasteiger partial charge on any atom is 0.272 e. The summed E-state index contributed by atoms with van der Waals surface area (Å²) in [5, 5.41) is 10.2. The number of nitrogens with zero attached hydrogens (tertiary/aromatic N) is 3. The lowest BCUT2D eigenvalue weighted by atomic mass is 9.91. The lowest BCUT2D eigenvalue weighted by molar-refractivity contribution is 0.0887. The fourth-order valence-corrected chi connectivity index (χ4v) is 4.85. The molecule has 10 heteroatoms. The number of carbonyl (C=O) groups excluding carboxylic acids is 3.